The number of aliphatic carboxylic acids is 1. The average Bonchev–Trinajstić information content (AvgIpc) is 3.12. The Balaban J connectivity index is 1.84. The normalized spacial score (nSPS) is 21.8. The maximum Gasteiger partial charge on any atom is 0.314 e. The van der Waals surface area contributed by atoms with Gasteiger partial charge in [-0.25, -0.2) is 0 Å². The van der Waals surface area contributed by atoms with E-state index >= 15 is 0 Å². The van der Waals surface area contributed by atoms with Crippen LogP contribution in [0.5, 0.6) is 0 Å². The van der Waals surface area contributed by atoms with Crippen molar-refractivity contribution < 1.29 is 9.90 Å². The number of benzene rings is 1. The van der Waals surface area contributed by atoms with Crippen molar-refractivity contribution in [3.05, 3.63) is 34.3 Å². The first-order valence-electron chi connectivity index (χ1n) is 7.86. The molecule has 1 aliphatic carbocycles. The fourth-order valence-electron chi connectivity index (χ4n) is 3.76. The summed E-state index contributed by atoms with van der Waals surface area (Å²) < 4.78 is 0. The lowest BCUT2D eigenvalue weighted by Crippen LogP contribution is -2.32. The Labute approximate surface area is 130 Å². The lowest BCUT2D eigenvalue weighted by atomic mass is 9.79. The second kappa shape index (κ2) is 5.98. The molecule has 1 saturated carbocycles. The van der Waals surface area contributed by atoms with Gasteiger partial charge in [-0.15, -0.1) is 0 Å². The molecule has 0 atom stereocenters. The number of hydrogen-bond donors (Lipinski definition) is 1. The fourth-order valence-corrected chi connectivity index (χ4v) is 4.00. The van der Waals surface area contributed by atoms with E-state index in [1.807, 2.05) is 18.2 Å². The number of carboxylic acids is 1. The SMILES string of the molecule is O=C(O)C1(c2ccc(CN3CCCC3)c(Cl)c2)CCCC1. The second-order valence-electron chi connectivity index (χ2n) is 6.38. The van der Waals surface area contributed by atoms with Crippen LogP contribution in [-0.4, -0.2) is 29.1 Å². The van der Waals surface area contributed by atoms with E-state index in [-0.39, 0.29) is 0 Å². The number of nitrogens with zero attached hydrogens (tertiary/aromatic N) is 1. The molecule has 3 rings (SSSR count). The molecule has 1 aromatic rings. The minimum atomic E-state index is -0.712. The van der Waals surface area contributed by atoms with E-state index in [9.17, 15) is 9.90 Å². The fraction of sp³-hybridized carbons (Fsp3) is 0.588. The third-order valence-corrected chi connectivity index (χ3v) is 5.42. The van der Waals surface area contributed by atoms with Gasteiger partial charge in [0.2, 0.25) is 0 Å². The Morgan fingerprint density at radius 3 is 2.43 bits per heavy atom. The maximum atomic E-state index is 11.7. The molecule has 0 bridgehead atoms. The van der Waals surface area contributed by atoms with Gasteiger partial charge in [0.15, 0.2) is 0 Å². The van der Waals surface area contributed by atoms with Crippen molar-refractivity contribution in [3.63, 3.8) is 0 Å². The van der Waals surface area contributed by atoms with E-state index in [0.29, 0.717) is 5.02 Å². The first-order chi connectivity index (χ1) is 10.1. The molecule has 0 spiro atoms. The minimum Gasteiger partial charge on any atom is -0.481 e. The molecule has 1 aromatic carbocycles. The van der Waals surface area contributed by atoms with Crippen molar-refractivity contribution in [3.8, 4) is 0 Å². The molecule has 21 heavy (non-hydrogen) atoms. The van der Waals surface area contributed by atoms with E-state index < -0.39 is 11.4 Å². The lowest BCUT2D eigenvalue weighted by Gasteiger charge is -2.25. The van der Waals surface area contributed by atoms with Crippen molar-refractivity contribution in [2.24, 2.45) is 0 Å². The smallest absolute Gasteiger partial charge is 0.314 e. The van der Waals surface area contributed by atoms with E-state index in [1.165, 1.54) is 12.8 Å². The van der Waals surface area contributed by atoms with Gasteiger partial charge in [-0.1, -0.05) is 36.6 Å². The zero-order chi connectivity index (χ0) is 14.9. The lowest BCUT2D eigenvalue weighted by molar-refractivity contribution is -0.143. The van der Waals surface area contributed by atoms with Crippen LogP contribution in [0.15, 0.2) is 18.2 Å². The Morgan fingerprint density at radius 2 is 1.86 bits per heavy atom. The van der Waals surface area contributed by atoms with Crippen LogP contribution in [0.2, 0.25) is 5.02 Å². The second-order valence-corrected chi connectivity index (χ2v) is 6.79. The standard InChI is InChI=1S/C17H22ClNO2/c18-15-11-14(17(16(20)21)7-1-2-8-17)6-5-13(15)12-19-9-3-4-10-19/h5-6,11H,1-4,7-10,12H2,(H,20,21). The monoisotopic (exact) mass is 307 g/mol. The summed E-state index contributed by atoms with van der Waals surface area (Å²) in [6, 6.07) is 5.90. The van der Waals surface area contributed by atoms with Crippen molar-refractivity contribution in [1.29, 1.82) is 0 Å². The number of carbonyl (C=O) groups is 1. The average molecular weight is 308 g/mol. The molecule has 1 saturated heterocycles. The van der Waals surface area contributed by atoms with Crippen LogP contribution >= 0.6 is 11.6 Å². The molecule has 0 aromatic heterocycles. The molecular weight excluding hydrogens is 286 g/mol. The summed E-state index contributed by atoms with van der Waals surface area (Å²) in [5, 5.41) is 10.4. The number of halogens is 1. The highest BCUT2D eigenvalue weighted by molar-refractivity contribution is 6.31. The van der Waals surface area contributed by atoms with Crippen LogP contribution < -0.4 is 0 Å². The van der Waals surface area contributed by atoms with Crippen LogP contribution in [0, 0.1) is 0 Å². The summed E-state index contributed by atoms with van der Waals surface area (Å²) in [5.74, 6) is -0.705. The highest BCUT2D eigenvalue weighted by atomic mass is 35.5. The Hall–Kier alpha value is -1.06. The van der Waals surface area contributed by atoms with Crippen molar-refractivity contribution in [2.45, 2.75) is 50.5 Å². The molecule has 3 nitrogen and oxygen atoms in total. The molecule has 0 amide bonds. The van der Waals surface area contributed by atoms with Crippen molar-refractivity contribution in [2.75, 3.05) is 13.1 Å². The van der Waals surface area contributed by atoms with Gasteiger partial charge in [0.25, 0.3) is 0 Å². The van der Waals surface area contributed by atoms with Crippen LogP contribution in [0.4, 0.5) is 0 Å². The predicted molar refractivity (Wildman–Crippen MR) is 83.7 cm³/mol. The molecule has 2 fully saturated rings. The van der Waals surface area contributed by atoms with Gasteiger partial charge in [0, 0.05) is 11.6 Å². The van der Waals surface area contributed by atoms with Gasteiger partial charge >= 0.3 is 5.97 Å². The van der Waals surface area contributed by atoms with Crippen molar-refractivity contribution in [1.82, 2.24) is 4.90 Å². The van der Waals surface area contributed by atoms with E-state index in [4.69, 9.17) is 11.6 Å². The molecule has 1 aliphatic heterocycles. The van der Waals surface area contributed by atoms with Crippen LogP contribution in [0.3, 0.4) is 0 Å². The Morgan fingerprint density at radius 1 is 1.19 bits per heavy atom. The quantitative estimate of drug-likeness (QED) is 0.919. The molecule has 1 N–H and O–H groups in total. The first kappa shape index (κ1) is 14.9. The summed E-state index contributed by atoms with van der Waals surface area (Å²) >= 11 is 6.43. The summed E-state index contributed by atoms with van der Waals surface area (Å²) in [6.07, 6.45) is 5.95. The van der Waals surface area contributed by atoms with Gasteiger partial charge in [0.05, 0.1) is 5.41 Å². The van der Waals surface area contributed by atoms with Gasteiger partial charge < -0.3 is 5.11 Å². The highest BCUT2D eigenvalue weighted by Gasteiger charge is 2.43. The molecule has 2 aliphatic rings. The molecule has 0 radical (unpaired) electrons. The third kappa shape index (κ3) is 2.82. The zero-order valence-corrected chi connectivity index (χ0v) is 13.0. The maximum absolute atomic E-state index is 11.7. The van der Waals surface area contributed by atoms with E-state index in [1.54, 1.807) is 0 Å². The first-order valence-corrected chi connectivity index (χ1v) is 8.24. The number of hydrogen-bond acceptors (Lipinski definition) is 2. The van der Waals surface area contributed by atoms with E-state index in [2.05, 4.69) is 4.90 Å². The van der Waals surface area contributed by atoms with Crippen LogP contribution in [-0.2, 0) is 16.8 Å². The molecule has 0 unspecified atom stereocenters. The third-order valence-electron chi connectivity index (χ3n) is 5.06. The molecule has 114 valence electrons. The topological polar surface area (TPSA) is 40.5 Å². The summed E-state index contributed by atoms with van der Waals surface area (Å²) in [4.78, 5) is 14.2. The largest absolute Gasteiger partial charge is 0.481 e. The number of carboxylic acid groups (broad SMARTS) is 1. The van der Waals surface area contributed by atoms with Gasteiger partial charge in [-0.05, 0) is 56.0 Å². The van der Waals surface area contributed by atoms with Crippen molar-refractivity contribution >= 4 is 17.6 Å². The molecule has 1 heterocycles. The Kier molecular flexibility index (Phi) is 4.23. The molecular formula is C17H22ClNO2. The Bertz CT molecular complexity index is 532. The van der Waals surface area contributed by atoms with Gasteiger partial charge in [0.1, 0.15) is 0 Å². The van der Waals surface area contributed by atoms with E-state index in [0.717, 1.165) is 56.4 Å². The summed E-state index contributed by atoms with van der Waals surface area (Å²) in [6.45, 7) is 3.15. The predicted octanol–water partition coefficient (Wildman–Crippen LogP) is 3.83. The highest BCUT2D eigenvalue weighted by Crippen LogP contribution is 2.42. The number of rotatable bonds is 4. The summed E-state index contributed by atoms with van der Waals surface area (Å²) in [5.41, 5.74) is 1.28. The van der Waals surface area contributed by atoms with Crippen LogP contribution in [0.1, 0.15) is 49.7 Å². The van der Waals surface area contributed by atoms with Crippen LogP contribution in [0.25, 0.3) is 0 Å². The van der Waals surface area contributed by atoms with Gasteiger partial charge in [-0.2, -0.15) is 0 Å². The summed E-state index contributed by atoms with van der Waals surface area (Å²) in [7, 11) is 0. The zero-order valence-electron chi connectivity index (χ0n) is 12.3. The molecule has 4 heteroatoms. The van der Waals surface area contributed by atoms with Gasteiger partial charge in [-0.3, -0.25) is 9.69 Å². The minimum absolute atomic E-state index is 0.705. The number of likely N-dealkylation sites (tertiary alicyclic amines) is 1.